The highest BCUT2D eigenvalue weighted by atomic mass is 35.5. The third kappa shape index (κ3) is 3.75. The molecule has 0 fully saturated rings. The number of aromatic nitrogens is 2. The molecule has 0 aliphatic carbocycles. The summed E-state index contributed by atoms with van der Waals surface area (Å²) in [6, 6.07) is 15.3. The molecule has 2 aromatic heterocycles. The van der Waals surface area contributed by atoms with E-state index < -0.39 is 0 Å². The number of thiophene rings is 1. The van der Waals surface area contributed by atoms with Gasteiger partial charge < -0.3 is 4.74 Å². The van der Waals surface area contributed by atoms with Gasteiger partial charge in [-0.05, 0) is 42.3 Å². The van der Waals surface area contributed by atoms with Crippen molar-refractivity contribution in [2.75, 3.05) is 6.61 Å². The first-order valence-electron chi connectivity index (χ1n) is 8.54. The van der Waals surface area contributed by atoms with Crippen molar-refractivity contribution >= 4 is 33.2 Å². The molecule has 0 bridgehead atoms. The standard InChI is InChI=1S/C21H17ClN2O2S/c1-14-3-2-4-17(11-14)26-10-9-24-13-23-20-19(21(24)25)18(12-27-20)15-5-7-16(22)8-6-15/h2-8,11-13H,9-10H2,1H3. The zero-order valence-electron chi connectivity index (χ0n) is 14.7. The number of rotatable bonds is 5. The van der Waals surface area contributed by atoms with Gasteiger partial charge in [0, 0.05) is 16.0 Å². The molecule has 4 rings (SSSR count). The third-order valence-electron chi connectivity index (χ3n) is 4.31. The van der Waals surface area contributed by atoms with Crippen molar-refractivity contribution in [3.8, 4) is 16.9 Å². The maximum Gasteiger partial charge on any atom is 0.262 e. The van der Waals surface area contributed by atoms with Crippen molar-refractivity contribution in [2.24, 2.45) is 0 Å². The fourth-order valence-corrected chi connectivity index (χ4v) is 3.97. The van der Waals surface area contributed by atoms with Gasteiger partial charge in [-0.25, -0.2) is 4.98 Å². The Hall–Kier alpha value is -2.63. The second-order valence-electron chi connectivity index (χ2n) is 6.24. The molecule has 0 radical (unpaired) electrons. The molecule has 4 nitrogen and oxygen atoms in total. The van der Waals surface area contributed by atoms with Gasteiger partial charge in [0.05, 0.1) is 18.3 Å². The quantitative estimate of drug-likeness (QED) is 0.467. The van der Waals surface area contributed by atoms with Crippen LogP contribution in [0.5, 0.6) is 5.75 Å². The summed E-state index contributed by atoms with van der Waals surface area (Å²) in [6.45, 7) is 2.85. The highest BCUT2D eigenvalue weighted by molar-refractivity contribution is 7.17. The van der Waals surface area contributed by atoms with Crippen LogP contribution in [0.15, 0.2) is 65.0 Å². The lowest BCUT2D eigenvalue weighted by atomic mass is 10.1. The predicted octanol–water partition coefficient (Wildman–Crippen LogP) is 5.17. The van der Waals surface area contributed by atoms with Crippen molar-refractivity contribution < 1.29 is 4.74 Å². The third-order valence-corrected chi connectivity index (χ3v) is 5.44. The number of halogens is 1. The molecule has 2 aromatic carbocycles. The molecule has 0 saturated carbocycles. The zero-order chi connectivity index (χ0) is 18.8. The van der Waals surface area contributed by atoms with Crippen molar-refractivity contribution in [3.05, 3.63) is 81.2 Å². The van der Waals surface area contributed by atoms with E-state index in [0.29, 0.717) is 23.6 Å². The molecule has 0 unspecified atom stereocenters. The summed E-state index contributed by atoms with van der Waals surface area (Å²) >= 11 is 7.45. The lowest BCUT2D eigenvalue weighted by Gasteiger charge is -2.09. The molecule has 0 aliphatic rings. The SMILES string of the molecule is Cc1cccc(OCCn2cnc3scc(-c4ccc(Cl)cc4)c3c2=O)c1. The number of hydrogen-bond acceptors (Lipinski definition) is 4. The van der Waals surface area contributed by atoms with Crippen LogP contribution in [0, 0.1) is 6.92 Å². The normalized spacial score (nSPS) is 11.0. The average Bonchev–Trinajstić information content (AvgIpc) is 3.09. The predicted molar refractivity (Wildman–Crippen MR) is 111 cm³/mol. The van der Waals surface area contributed by atoms with Gasteiger partial charge in [0.1, 0.15) is 17.2 Å². The van der Waals surface area contributed by atoms with E-state index >= 15 is 0 Å². The van der Waals surface area contributed by atoms with E-state index in [1.807, 2.05) is 60.8 Å². The summed E-state index contributed by atoms with van der Waals surface area (Å²) in [5, 5.41) is 3.28. The second-order valence-corrected chi connectivity index (χ2v) is 7.54. The molecule has 0 spiro atoms. The first-order chi connectivity index (χ1) is 13.1. The number of aryl methyl sites for hydroxylation is 1. The first-order valence-corrected chi connectivity index (χ1v) is 9.79. The number of fused-ring (bicyclic) bond motifs is 1. The molecule has 136 valence electrons. The molecule has 0 saturated heterocycles. The molecule has 0 aliphatic heterocycles. The van der Waals surface area contributed by atoms with Crippen molar-refractivity contribution in [3.63, 3.8) is 0 Å². The number of ether oxygens (including phenoxy) is 1. The Labute approximate surface area is 165 Å². The van der Waals surface area contributed by atoms with Crippen LogP contribution in [-0.4, -0.2) is 16.2 Å². The van der Waals surface area contributed by atoms with Crippen LogP contribution in [0.1, 0.15) is 5.56 Å². The Morgan fingerprint density at radius 2 is 2.00 bits per heavy atom. The van der Waals surface area contributed by atoms with Crippen LogP contribution in [0.25, 0.3) is 21.3 Å². The summed E-state index contributed by atoms with van der Waals surface area (Å²) in [5.41, 5.74) is 2.93. The minimum absolute atomic E-state index is 0.0564. The molecular formula is C21H17ClN2O2S. The van der Waals surface area contributed by atoms with Gasteiger partial charge in [-0.15, -0.1) is 11.3 Å². The molecule has 2 heterocycles. The molecule has 0 amide bonds. The number of benzene rings is 2. The fraction of sp³-hybridized carbons (Fsp3) is 0.143. The maximum atomic E-state index is 13.0. The Morgan fingerprint density at radius 1 is 1.19 bits per heavy atom. The van der Waals surface area contributed by atoms with Crippen molar-refractivity contribution in [1.82, 2.24) is 9.55 Å². The van der Waals surface area contributed by atoms with Gasteiger partial charge in [-0.1, -0.05) is 35.9 Å². The van der Waals surface area contributed by atoms with Crippen molar-refractivity contribution in [2.45, 2.75) is 13.5 Å². The Bertz CT molecular complexity index is 1150. The lowest BCUT2D eigenvalue weighted by Crippen LogP contribution is -2.23. The first kappa shape index (κ1) is 17.8. The minimum atomic E-state index is -0.0564. The molecule has 4 aromatic rings. The Balaban J connectivity index is 1.60. The van der Waals surface area contributed by atoms with Gasteiger partial charge in [0.2, 0.25) is 0 Å². The van der Waals surface area contributed by atoms with Crippen LogP contribution < -0.4 is 10.3 Å². The zero-order valence-corrected chi connectivity index (χ0v) is 16.3. The van der Waals surface area contributed by atoms with E-state index in [1.165, 1.54) is 11.3 Å². The molecule has 6 heteroatoms. The summed E-state index contributed by atoms with van der Waals surface area (Å²) in [5.74, 6) is 0.800. The van der Waals surface area contributed by atoms with Crippen LogP contribution >= 0.6 is 22.9 Å². The van der Waals surface area contributed by atoms with Gasteiger partial charge >= 0.3 is 0 Å². The van der Waals surface area contributed by atoms with Crippen molar-refractivity contribution in [1.29, 1.82) is 0 Å². The molecule has 27 heavy (non-hydrogen) atoms. The monoisotopic (exact) mass is 396 g/mol. The highest BCUT2D eigenvalue weighted by Gasteiger charge is 2.13. The van der Waals surface area contributed by atoms with E-state index in [1.54, 1.807) is 10.9 Å². The van der Waals surface area contributed by atoms with Gasteiger partial charge in [-0.3, -0.25) is 9.36 Å². The number of hydrogen-bond donors (Lipinski definition) is 0. The van der Waals surface area contributed by atoms with E-state index in [-0.39, 0.29) is 5.56 Å². The van der Waals surface area contributed by atoms with E-state index in [2.05, 4.69) is 4.98 Å². The fourth-order valence-electron chi connectivity index (χ4n) is 2.94. The van der Waals surface area contributed by atoms with E-state index in [9.17, 15) is 4.79 Å². The second kappa shape index (κ2) is 7.55. The average molecular weight is 397 g/mol. The smallest absolute Gasteiger partial charge is 0.262 e. The van der Waals surface area contributed by atoms with Crippen LogP contribution in [0.3, 0.4) is 0 Å². The topological polar surface area (TPSA) is 44.1 Å². The molecule has 0 N–H and O–H groups in total. The summed E-state index contributed by atoms with van der Waals surface area (Å²) in [6.07, 6.45) is 1.59. The molecular weight excluding hydrogens is 380 g/mol. The largest absolute Gasteiger partial charge is 0.492 e. The van der Waals surface area contributed by atoms with E-state index in [0.717, 1.165) is 27.3 Å². The molecule has 0 atom stereocenters. The van der Waals surface area contributed by atoms with Crippen LogP contribution in [0.2, 0.25) is 5.02 Å². The van der Waals surface area contributed by atoms with Crippen LogP contribution in [0.4, 0.5) is 0 Å². The number of nitrogens with zero attached hydrogens (tertiary/aromatic N) is 2. The lowest BCUT2D eigenvalue weighted by molar-refractivity contribution is 0.296. The van der Waals surface area contributed by atoms with E-state index in [4.69, 9.17) is 16.3 Å². The summed E-state index contributed by atoms with van der Waals surface area (Å²) in [7, 11) is 0. The van der Waals surface area contributed by atoms with Gasteiger partial charge in [0.25, 0.3) is 5.56 Å². The maximum absolute atomic E-state index is 13.0. The Kier molecular flexibility index (Phi) is 4.97. The minimum Gasteiger partial charge on any atom is -0.492 e. The summed E-state index contributed by atoms with van der Waals surface area (Å²) < 4.78 is 7.37. The van der Waals surface area contributed by atoms with Gasteiger partial charge in [0.15, 0.2) is 0 Å². The summed E-state index contributed by atoms with van der Waals surface area (Å²) in [4.78, 5) is 18.2. The highest BCUT2D eigenvalue weighted by Crippen LogP contribution is 2.31. The Morgan fingerprint density at radius 3 is 2.78 bits per heavy atom. The van der Waals surface area contributed by atoms with Crippen LogP contribution in [-0.2, 0) is 6.54 Å². The van der Waals surface area contributed by atoms with Gasteiger partial charge in [-0.2, -0.15) is 0 Å².